The van der Waals surface area contributed by atoms with Crippen LogP contribution in [-0.4, -0.2) is 29.0 Å². The van der Waals surface area contributed by atoms with Crippen molar-refractivity contribution in [1.29, 1.82) is 0 Å². The fraction of sp³-hybridized carbons (Fsp3) is 0.421. The maximum atomic E-state index is 11.1. The molecule has 0 amide bonds. The molecule has 0 bridgehead atoms. The quantitative estimate of drug-likeness (QED) is 0.947. The molecule has 1 aliphatic heterocycles. The Morgan fingerprint density at radius 1 is 1.00 bits per heavy atom. The lowest BCUT2D eigenvalue weighted by atomic mass is 9.91. The molecule has 0 spiro atoms. The Hall–Kier alpha value is -2.07. The minimum Gasteiger partial charge on any atom is -0.456 e. The van der Waals surface area contributed by atoms with Gasteiger partial charge in [-0.25, -0.2) is 0 Å². The van der Waals surface area contributed by atoms with Crippen molar-refractivity contribution in [2.24, 2.45) is 0 Å². The number of benzene rings is 1. The Balaban J connectivity index is 1.49. The average Bonchev–Trinajstić information content (AvgIpc) is 2.71. The topological polar surface area (TPSA) is 45.3 Å². The zero-order valence-electron chi connectivity index (χ0n) is 13.3. The molecule has 4 nitrogen and oxygen atoms in total. The molecule has 120 valence electrons. The molecular formula is C19H22N2O2. The van der Waals surface area contributed by atoms with Gasteiger partial charge in [0.25, 0.3) is 0 Å². The van der Waals surface area contributed by atoms with E-state index in [1.807, 2.05) is 6.07 Å². The van der Waals surface area contributed by atoms with Crippen LogP contribution in [0.1, 0.15) is 30.4 Å². The first-order chi connectivity index (χ1) is 11.3. The highest BCUT2D eigenvalue weighted by Gasteiger charge is 2.26. The third-order valence-corrected chi connectivity index (χ3v) is 5.10. The Labute approximate surface area is 136 Å². The molecule has 0 saturated heterocycles. The second kappa shape index (κ2) is 6.20. The Bertz CT molecular complexity index is 729. The van der Waals surface area contributed by atoms with Gasteiger partial charge in [0.2, 0.25) is 5.56 Å². The number of hydrogen-bond acceptors (Lipinski definition) is 3. The molecule has 0 unspecified atom stereocenters. The van der Waals surface area contributed by atoms with Gasteiger partial charge >= 0.3 is 0 Å². The normalized spacial score (nSPS) is 18.8. The van der Waals surface area contributed by atoms with Gasteiger partial charge in [-0.3, -0.25) is 9.69 Å². The Morgan fingerprint density at radius 3 is 2.48 bits per heavy atom. The molecule has 2 aliphatic rings. The van der Waals surface area contributed by atoms with Gasteiger partial charge in [-0.15, -0.1) is 0 Å². The van der Waals surface area contributed by atoms with Gasteiger partial charge in [0.15, 0.2) is 0 Å². The Kier molecular flexibility index (Phi) is 3.92. The second-order valence-corrected chi connectivity index (χ2v) is 6.54. The van der Waals surface area contributed by atoms with E-state index < -0.39 is 0 Å². The minimum atomic E-state index is -0.115. The van der Waals surface area contributed by atoms with Gasteiger partial charge in [-0.1, -0.05) is 12.5 Å². The number of aromatic nitrogens is 1. The number of nitrogens with one attached hydrogen (secondary N) is 1. The van der Waals surface area contributed by atoms with Gasteiger partial charge < -0.3 is 9.72 Å². The second-order valence-electron chi connectivity index (χ2n) is 6.54. The van der Waals surface area contributed by atoms with Crippen LogP contribution >= 0.6 is 0 Å². The van der Waals surface area contributed by atoms with Gasteiger partial charge in [0.1, 0.15) is 11.5 Å². The summed E-state index contributed by atoms with van der Waals surface area (Å²) in [6.45, 7) is 2.33. The summed E-state index contributed by atoms with van der Waals surface area (Å²) in [5, 5.41) is 0. The third kappa shape index (κ3) is 3.17. The lowest BCUT2D eigenvalue weighted by Gasteiger charge is -2.36. The summed E-state index contributed by atoms with van der Waals surface area (Å²) in [4.78, 5) is 16.4. The number of H-pyrrole nitrogens is 1. The maximum absolute atomic E-state index is 11.1. The van der Waals surface area contributed by atoms with E-state index in [4.69, 9.17) is 4.74 Å². The van der Waals surface area contributed by atoms with Crippen molar-refractivity contribution in [2.75, 3.05) is 13.1 Å². The molecule has 0 radical (unpaired) electrons. The molecule has 0 atom stereocenters. The highest BCUT2D eigenvalue weighted by atomic mass is 16.5. The molecular weight excluding hydrogens is 288 g/mol. The summed E-state index contributed by atoms with van der Waals surface area (Å²) in [6, 6.07) is 10.4. The van der Waals surface area contributed by atoms with Crippen molar-refractivity contribution in [3.8, 4) is 11.5 Å². The summed E-state index contributed by atoms with van der Waals surface area (Å²) in [6.07, 6.45) is 7.96. The van der Waals surface area contributed by atoms with E-state index in [2.05, 4.69) is 22.0 Å². The molecule has 1 aromatic heterocycles. The lowest BCUT2D eigenvalue weighted by molar-refractivity contribution is 0.133. The van der Waals surface area contributed by atoms with Crippen molar-refractivity contribution in [3.05, 3.63) is 58.0 Å². The first kappa shape index (κ1) is 14.5. The molecule has 1 N–H and O–H groups in total. The van der Waals surface area contributed by atoms with E-state index in [9.17, 15) is 4.79 Å². The minimum absolute atomic E-state index is 0.115. The molecule has 1 aromatic carbocycles. The zero-order chi connectivity index (χ0) is 15.6. The predicted octanol–water partition coefficient (Wildman–Crippen LogP) is 3.12. The molecule has 4 rings (SSSR count). The number of rotatable bonds is 3. The summed E-state index contributed by atoms with van der Waals surface area (Å²) < 4.78 is 5.86. The van der Waals surface area contributed by atoms with Crippen LogP contribution in [0.3, 0.4) is 0 Å². The highest BCUT2D eigenvalue weighted by Crippen LogP contribution is 2.29. The number of fused-ring (bicyclic) bond motifs is 1. The van der Waals surface area contributed by atoms with E-state index in [1.54, 1.807) is 12.3 Å². The van der Waals surface area contributed by atoms with Crippen molar-refractivity contribution < 1.29 is 4.74 Å². The molecule has 4 heteroatoms. The van der Waals surface area contributed by atoms with Gasteiger partial charge in [-0.2, -0.15) is 0 Å². The van der Waals surface area contributed by atoms with Gasteiger partial charge in [-0.05, 0) is 55.0 Å². The molecule has 23 heavy (non-hydrogen) atoms. The number of hydrogen-bond donors (Lipinski definition) is 1. The predicted molar refractivity (Wildman–Crippen MR) is 90.2 cm³/mol. The first-order valence-corrected chi connectivity index (χ1v) is 8.50. The summed E-state index contributed by atoms with van der Waals surface area (Å²) in [5.41, 5.74) is 2.73. The van der Waals surface area contributed by atoms with Crippen molar-refractivity contribution in [1.82, 2.24) is 9.88 Å². The largest absolute Gasteiger partial charge is 0.456 e. The van der Waals surface area contributed by atoms with E-state index in [-0.39, 0.29) is 5.56 Å². The van der Waals surface area contributed by atoms with E-state index in [1.165, 1.54) is 43.0 Å². The van der Waals surface area contributed by atoms with Crippen LogP contribution in [0.4, 0.5) is 0 Å². The lowest BCUT2D eigenvalue weighted by Crippen LogP contribution is -2.41. The van der Waals surface area contributed by atoms with Crippen LogP contribution in [0.5, 0.6) is 11.5 Å². The van der Waals surface area contributed by atoms with Crippen molar-refractivity contribution >= 4 is 0 Å². The third-order valence-electron chi connectivity index (χ3n) is 5.10. The van der Waals surface area contributed by atoms with Crippen molar-refractivity contribution in [3.63, 3.8) is 0 Å². The molecule has 1 fully saturated rings. The SMILES string of the molecule is O=c1ccc(Oc2ccc3c(c2)CCN(C2CCC2)CC3)c[nH]1. The monoisotopic (exact) mass is 310 g/mol. The Morgan fingerprint density at radius 2 is 1.78 bits per heavy atom. The smallest absolute Gasteiger partial charge is 0.248 e. The number of nitrogens with zero attached hydrogens (tertiary/aromatic N) is 1. The summed E-state index contributed by atoms with van der Waals surface area (Å²) in [7, 11) is 0. The van der Waals surface area contributed by atoms with Gasteiger partial charge in [0, 0.05) is 31.4 Å². The summed E-state index contributed by atoms with van der Waals surface area (Å²) >= 11 is 0. The summed E-state index contributed by atoms with van der Waals surface area (Å²) in [5.74, 6) is 1.50. The molecule has 1 saturated carbocycles. The maximum Gasteiger partial charge on any atom is 0.248 e. The number of pyridine rings is 1. The fourth-order valence-corrected chi connectivity index (χ4v) is 3.50. The standard InChI is InChI=1S/C19H22N2O2/c22-19-7-6-18(13-20-19)23-17-5-4-14-8-10-21(16-2-1-3-16)11-9-15(14)12-17/h4-7,12-13,16H,1-3,8-11H2,(H,20,22). The van der Waals surface area contributed by atoms with Crippen LogP contribution in [0, 0.1) is 0 Å². The first-order valence-electron chi connectivity index (χ1n) is 8.50. The number of ether oxygens (including phenoxy) is 1. The van der Waals surface area contributed by atoms with Crippen LogP contribution in [0.25, 0.3) is 0 Å². The molecule has 2 heterocycles. The highest BCUT2D eigenvalue weighted by molar-refractivity contribution is 5.39. The van der Waals surface area contributed by atoms with Crippen LogP contribution < -0.4 is 10.3 Å². The number of aromatic amines is 1. The van der Waals surface area contributed by atoms with Crippen LogP contribution in [-0.2, 0) is 12.8 Å². The van der Waals surface area contributed by atoms with Gasteiger partial charge in [0.05, 0.1) is 0 Å². The van der Waals surface area contributed by atoms with E-state index in [0.717, 1.165) is 31.2 Å². The average molecular weight is 310 g/mol. The molecule has 1 aliphatic carbocycles. The zero-order valence-corrected chi connectivity index (χ0v) is 13.3. The van der Waals surface area contributed by atoms with E-state index >= 15 is 0 Å². The van der Waals surface area contributed by atoms with Crippen molar-refractivity contribution in [2.45, 2.75) is 38.1 Å². The van der Waals surface area contributed by atoms with Crippen LogP contribution in [0.15, 0.2) is 41.3 Å². The van der Waals surface area contributed by atoms with E-state index in [0.29, 0.717) is 5.75 Å². The molecule has 2 aromatic rings. The fourth-order valence-electron chi connectivity index (χ4n) is 3.50. The van der Waals surface area contributed by atoms with Crippen LogP contribution in [0.2, 0.25) is 0 Å².